The van der Waals surface area contributed by atoms with Crippen LogP contribution in [0, 0.1) is 0 Å². The topological polar surface area (TPSA) is 43.8 Å². The summed E-state index contributed by atoms with van der Waals surface area (Å²) in [6.07, 6.45) is 5.64. The molecule has 2 N–H and O–H groups in total. The molecule has 0 aromatic carbocycles. The number of hydrogen-bond donors (Lipinski definition) is 1. The normalized spacial score (nSPS) is 18.8. The Labute approximate surface area is 72.6 Å². The number of imidazole rings is 1. The van der Waals surface area contributed by atoms with Crippen LogP contribution in [-0.2, 0) is 13.0 Å². The minimum absolute atomic E-state index is 0.0827. The summed E-state index contributed by atoms with van der Waals surface area (Å²) in [5.41, 5.74) is 8.26. The Morgan fingerprint density at radius 3 is 3.17 bits per heavy atom. The highest BCUT2D eigenvalue weighted by Gasteiger charge is 2.16. The van der Waals surface area contributed by atoms with Gasteiger partial charge in [-0.3, -0.25) is 0 Å². The third-order valence-corrected chi connectivity index (χ3v) is 2.47. The van der Waals surface area contributed by atoms with Crippen LogP contribution in [0.2, 0.25) is 0 Å². The molecule has 0 fully saturated rings. The number of nitrogens with zero attached hydrogens (tertiary/aromatic N) is 2. The maximum Gasteiger partial charge on any atom is 0.0952 e. The first-order valence-corrected chi connectivity index (χ1v) is 4.58. The van der Waals surface area contributed by atoms with Crippen molar-refractivity contribution in [3.05, 3.63) is 17.7 Å². The van der Waals surface area contributed by atoms with Gasteiger partial charge in [0.2, 0.25) is 0 Å². The van der Waals surface area contributed by atoms with Crippen molar-refractivity contribution < 1.29 is 0 Å². The first-order chi connectivity index (χ1) is 5.79. The van der Waals surface area contributed by atoms with Crippen molar-refractivity contribution in [3.63, 3.8) is 0 Å². The molecule has 1 atom stereocenters. The van der Waals surface area contributed by atoms with Gasteiger partial charge in [0.1, 0.15) is 0 Å². The lowest BCUT2D eigenvalue weighted by Gasteiger charge is -2.15. The highest BCUT2D eigenvalue weighted by Crippen LogP contribution is 2.20. The molecule has 1 aliphatic heterocycles. The molecule has 1 aromatic heterocycles. The lowest BCUT2D eigenvalue weighted by atomic mass is 10.1. The van der Waals surface area contributed by atoms with Crippen molar-refractivity contribution in [1.29, 1.82) is 0 Å². The van der Waals surface area contributed by atoms with Crippen LogP contribution in [0.15, 0.2) is 6.33 Å². The minimum atomic E-state index is 0.0827. The molecule has 3 heteroatoms. The van der Waals surface area contributed by atoms with E-state index in [4.69, 9.17) is 5.73 Å². The molecule has 1 unspecified atom stereocenters. The van der Waals surface area contributed by atoms with Gasteiger partial charge in [0.25, 0.3) is 0 Å². The molecule has 0 aliphatic carbocycles. The molecule has 0 amide bonds. The molecule has 2 rings (SSSR count). The summed E-state index contributed by atoms with van der Waals surface area (Å²) in [5, 5.41) is 0. The molecule has 0 radical (unpaired) electrons. The fourth-order valence-corrected chi connectivity index (χ4v) is 1.84. The molecule has 0 spiro atoms. The number of nitrogens with two attached hydrogens (primary N) is 1. The van der Waals surface area contributed by atoms with E-state index in [-0.39, 0.29) is 6.04 Å². The summed E-state index contributed by atoms with van der Waals surface area (Å²) in [6.45, 7) is 3.12. The zero-order valence-corrected chi connectivity index (χ0v) is 7.45. The SMILES string of the molecule is CC(N)c1ncn2c1CCCC2. The summed E-state index contributed by atoms with van der Waals surface area (Å²) >= 11 is 0. The number of fused-ring (bicyclic) bond motifs is 1. The fraction of sp³-hybridized carbons (Fsp3) is 0.667. The van der Waals surface area contributed by atoms with Gasteiger partial charge < -0.3 is 10.3 Å². The third kappa shape index (κ3) is 1.14. The summed E-state index contributed by atoms with van der Waals surface area (Å²) in [5.74, 6) is 0. The van der Waals surface area contributed by atoms with Crippen molar-refractivity contribution in [2.75, 3.05) is 0 Å². The summed E-state index contributed by atoms with van der Waals surface area (Å²) in [4.78, 5) is 4.34. The second-order valence-electron chi connectivity index (χ2n) is 3.52. The van der Waals surface area contributed by atoms with Crippen molar-refractivity contribution in [3.8, 4) is 0 Å². The molecule has 2 heterocycles. The summed E-state index contributed by atoms with van der Waals surface area (Å²) in [7, 11) is 0. The highest BCUT2D eigenvalue weighted by molar-refractivity contribution is 5.17. The van der Waals surface area contributed by atoms with E-state index in [1.165, 1.54) is 18.5 Å². The number of aryl methyl sites for hydroxylation is 1. The van der Waals surface area contributed by atoms with Gasteiger partial charge in [0.05, 0.1) is 12.0 Å². The van der Waals surface area contributed by atoms with E-state index in [1.807, 2.05) is 13.3 Å². The van der Waals surface area contributed by atoms with Crippen molar-refractivity contribution in [2.24, 2.45) is 5.73 Å². The van der Waals surface area contributed by atoms with Crippen LogP contribution in [0.25, 0.3) is 0 Å². The second kappa shape index (κ2) is 2.90. The summed E-state index contributed by atoms with van der Waals surface area (Å²) < 4.78 is 2.24. The Kier molecular flexibility index (Phi) is 1.89. The van der Waals surface area contributed by atoms with Crippen molar-refractivity contribution in [1.82, 2.24) is 9.55 Å². The lowest BCUT2D eigenvalue weighted by molar-refractivity contribution is 0.526. The molecule has 1 aromatic rings. The molecule has 0 saturated heterocycles. The third-order valence-electron chi connectivity index (χ3n) is 2.47. The van der Waals surface area contributed by atoms with Gasteiger partial charge in [-0.05, 0) is 26.2 Å². The molecular formula is C9H15N3. The van der Waals surface area contributed by atoms with Crippen molar-refractivity contribution in [2.45, 2.75) is 38.8 Å². The molecule has 0 bridgehead atoms. The number of aromatic nitrogens is 2. The molecule has 3 nitrogen and oxygen atoms in total. The maximum absolute atomic E-state index is 5.81. The van der Waals surface area contributed by atoms with Crippen LogP contribution in [0.5, 0.6) is 0 Å². The van der Waals surface area contributed by atoms with Crippen LogP contribution in [0.1, 0.15) is 37.2 Å². The molecular weight excluding hydrogens is 150 g/mol. The van der Waals surface area contributed by atoms with E-state index in [9.17, 15) is 0 Å². The largest absolute Gasteiger partial charge is 0.334 e. The first-order valence-electron chi connectivity index (χ1n) is 4.58. The predicted octanol–water partition coefficient (Wildman–Crippen LogP) is 1.24. The predicted molar refractivity (Wildman–Crippen MR) is 47.8 cm³/mol. The van der Waals surface area contributed by atoms with Gasteiger partial charge in [-0.25, -0.2) is 4.98 Å². The van der Waals surface area contributed by atoms with Gasteiger partial charge in [-0.1, -0.05) is 0 Å². The van der Waals surface area contributed by atoms with Crippen molar-refractivity contribution >= 4 is 0 Å². The van der Waals surface area contributed by atoms with Crippen LogP contribution in [0.3, 0.4) is 0 Å². The van der Waals surface area contributed by atoms with E-state index in [0.717, 1.165) is 18.7 Å². The molecule has 66 valence electrons. The molecule has 1 aliphatic rings. The Balaban J connectivity index is 2.38. The monoisotopic (exact) mass is 165 g/mol. The Morgan fingerprint density at radius 1 is 1.58 bits per heavy atom. The van der Waals surface area contributed by atoms with E-state index in [1.54, 1.807) is 0 Å². The zero-order chi connectivity index (χ0) is 8.55. The van der Waals surface area contributed by atoms with Crippen LogP contribution in [0.4, 0.5) is 0 Å². The Bertz CT molecular complexity index is 275. The highest BCUT2D eigenvalue weighted by atomic mass is 15.1. The average molecular weight is 165 g/mol. The van der Waals surface area contributed by atoms with Gasteiger partial charge in [-0.2, -0.15) is 0 Å². The quantitative estimate of drug-likeness (QED) is 0.680. The minimum Gasteiger partial charge on any atom is -0.334 e. The van der Waals surface area contributed by atoms with E-state index in [2.05, 4.69) is 9.55 Å². The average Bonchev–Trinajstić information content (AvgIpc) is 2.47. The van der Waals surface area contributed by atoms with E-state index >= 15 is 0 Å². The van der Waals surface area contributed by atoms with Gasteiger partial charge in [-0.15, -0.1) is 0 Å². The summed E-state index contributed by atoms with van der Waals surface area (Å²) in [6, 6.07) is 0.0827. The number of rotatable bonds is 1. The van der Waals surface area contributed by atoms with Crippen LogP contribution in [-0.4, -0.2) is 9.55 Å². The van der Waals surface area contributed by atoms with Gasteiger partial charge >= 0.3 is 0 Å². The zero-order valence-electron chi connectivity index (χ0n) is 7.45. The Hall–Kier alpha value is -0.830. The van der Waals surface area contributed by atoms with E-state index < -0.39 is 0 Å². The smallest absolute Gasteiger partial charge is 0.0952 e. The maximum atomic E-state index is 5.81. The van der Waals surface area contributed by atoms with Gasteiger partial charge in [0, 0.05) is 18.3 Å². The van der Waals surface area contributed by atoms with Crippen LogP contribution >= 0.6 is 0 Å². The van der Waals surface area contributed by atoms with E-state index in [0.29, 0.717) is 0 Å². The standard InChI is InChI=1S/C9H15N3/c1-7(10)9-8-4-2-3-5-12(8)6-11-9/h6-7H,2-5,10H2,1H3. The molecule has 0 saturated carbocycles. The van der Waals surface area contributed by atoms with Crippen LogP contribution < -0.4 is 5.73 Å². The lowest BCUT2D eigenvalue weighted by Crippen LogP contribution is -2.14. The first kappa shape index (κ1) is 7.80. The Morgan fingerprint density at radius 2 is 2.42 bits per heavy atom. The second-order valence-corrected chi connectivity index (χ2v) is 3.52. The number of hydrogen-bond acceptors (Lipinski definition) is 2. The fourth-order valence-electron chi connectivity index (χ4n) is 1.84. The van der Waals surface area contributed by atoms with Gasteiger partial charge in [0.15, 0.2) is 0 Å². The molecule has 12 heavy (non-hydrogen) atoms.